The molecule has 2 saturated heterocycles. The molecule has 1 aromatic carbocycles. The van der Waals surface area contributed by atoms with E-state index >= 15 is 0 Å². The maximum absolute atomic E-state index is 11.5. The SMILES string of the molecule is CC(=O)N1CCC(N2CCC(c3nccnc3Oc3ccccc3)CC2)CC1. The largest absolute Gasteiger partial charge is 0.437 e. The van der Waals surface area contributed by atoms with Gasteiger partial charge >= 0.3 is 0 Å². The molecule has 0 aliphatic carbocycles. The van der Waals surface area contributed by atoms with Crippen molar-refractivity contribution >= 4 is 5.91 Å². The van der Waals surface area contributed by atoms with Crippen LogP contribution in [0.3, 0.4) is 0 Å². The van der Waals surface area contributed by atoms with E-state index in [1.807, 2.05) is 35.2 Å². The topological polar surface area (TPSA) is 58.6 Å². The highest BCUT2D eigenvalue weighted by atomic mass is 16.5. The van der Waals surface area contributed by atoms with Crippen molar-refractivity contribution in [1.82, 2.24) is 19.8 Å². The van der Waals surface area contributed by atoms with E-state index in [0.29, 0.717) is 17.8 Å². The monoisotopic (exact) mass is 380 g/mol. The Morgan fingerprint density at radius 2 is 1.64 bits per heavy atom. The van der Waals surface area contributed by atoms with Crippen LogP contribution in [0.5, 0.6) is 11.6 Å². The van der Waals surface area contributed by atoms with Crippen LogP contribution in [-0.2, 0) is 4.79 Å². The number of rotatable bonds is 4. The van der Waals surface area contributed by atoms with E-state index in [-0.39, 0.29) is 5.91 Å². The lowest BCUT2D eigenvalue weighted by molar-refractivity contribution is -0.130. The standard InChI is InChI=1S/C22H28N4O2/c1-17(27)25-15-9-19(10-16-25)26-13-7-18(8-14-26)21-22(24-12-11-23-21)28-20-5-3-2-4-6-20/h2-6,11-12,18-19H,7-10,13-16H2,1H3. The van der Waals surface area contributed by atoms with Crippen LogP contribution in [0.2, 0.25) is 0 Å². The normalized spacial score (nSPS) is 19.5. The zero-order valence-electron chi connectivity index (χ0n) is 16.5. The van der Waals surface area contributed by atoms with Gasteiger partial charge in [0.25, 0.3) is 0 Å². The van der Waals surface area contributed by atoms with E-state index in [4.69, 9.17) is 4.74 Å². The number of benzene rings is 1. The minimum absolute atomic E-state index is 0.200. The second-order valence-corrected chi connectivity index (χ2v) is 7.71. The van der Waals surface area contributed by atoms with Gasteiger partial charge in [-0.1, -0.05) is 18.2 Å². The number of hydrogen-bond acceptors (Lipinski definition) is 5. The Kier molecular flexibility index (Phi) is 5.86. The number of carbonyl (C=O) groups excluding carboxylic acids is 1. The van der Waals surface area contributed by atoms with Crippen LogP contribution in [0.25, 0.3) is 0 Å². The Morgan fingerprint density at radius 1 is 0.964 bits per heavy atom. The Balaban J connectivity index is 1.36. The maximum Gasteiger partial charge on any atom is 0.241 e. The first-order valence-corrected chi connectivity index (χ1v) is 10.2. The number of para-hydroxylation sites is 1. The molecule has 0 spiro atoms. The van der Waals surface area contributed by atoms with Crippen molar-refractivity contribution in [3.05, 3.63) is 48.4 Å². The molecule has 2 aliphatic heterocycles. The van der Waals surface area contributed by atoms with Crippen LogP contribution in [0.15, 0.2) is 42.7 Å². The summed E-state index contributed by atoms with van der Waals surface area (Å²) in [6.45, 7) is 5.58. The molecule has 1 aromatic heterocycles. The number of piperidine rings is 2. The lowest BCUT2D eigenvalue weighted by Gasteiger charge is -2.41. The van der Waals surface area contributed by atoms with E-state index in [1.165, 1.54) is 0 Å². The van der Waals surface area contributed by atoms with Gasteiger partial charge in [0.1, 0.15) is 11.4 Å². The minimum Gasteiger partial charge on any atom is -0.437 e. The van der Waals surface area contributed by atoms with Crippen LogP contribution in [0, 0.1) is 0 Å². The first-order valence-electron chi connectivity index (χ1n) is 10.2. The van der Waals surface area contributed by atoms with E-state index in [9.17, 15) is 4.79 Å². The van der Waals surface area contributed by atoms with Crippen LogP contribution < -0.4 is 4.74 Å². The van der Waals surface area contributed by atoms with Crippen LogP contribution in [0.1, 0.15) is 44.2 Å². The Labute approximate surface area is 166 Å². The van der Waals surface area contributed by atoms with Gasteiger partial charge in [-0.3, -0.25) is 9.78 Å². The van der Waals surface area contributed by atoms with Crippen LogP contribution >= 0.6 is 0 Å². The predicted molar refractivity (Wildman–Crippen MR) is 107 cm³/mol. The highest BCUT2D eigenvalue weighted by molar-refractivity contribution is 5.73. The summed E-state index contributed by atoms with van der Waals surface area (Å²) >= 11 is 0. The summed E-state index contributed by atoms with van der Waals surface area (Å²) < 4.78 is 6.02. The summed E-state index contributed by atoms with van der Waals surface area (Å²) in [7, 11) is 0. The highest BCUT2D eigenvalue weighted by Gasteiger charge is 2.31. The van der Waals surface area contributed by atoms with Gasteiger partial charge < -0.3 is 14.5 Å². The smallest absolute Gasteiger partial charge is 0.241 e. The third kappa shape index (κ3) is 4.33. The van der Waals surface area contributed by atoms with E-state index < -0.39 is 0 Å². The first-order chi connectivity index (χ1) is 13.7. The third-order valence-electron chi connectivity index (χ3n) is 5.99. The lowest BCUT2D eigenvalue weighted by Crippen LogP contribution is -2.48. The van der Waals surface area contributed by atoms with E-state index in [1.54, 1.807) is 19.3 Å². The Hall–Kier alpha value is -2.47. The highest BCUT2D eigenvalue weighted by Crippen LogP contribution is 2.34. The quantitative estimate of drug-likeness (QED) is 0.813. The molecule has 0 bridgehead atoms. The summed E-state index contributed by atoms with van der Waals surface area (Å²) in [5, 5.41) is 0. The minimum atomic E-state index is 0.200. The average molecular weight is 380 g/mol. The molecule has 0 unspecified atom stereocenters. The summed E-state index contributed by atoms with van der Waals surface area (Å²) in [6.07, 6.45) is 7.75. The molecule has 2 aliphatic rings. The predicted octanol–water partition coefficient (Wildman–Crippen LogP) is 3.46. The Morgan fingerprint density at radius 3 is 2.32 bits per heavy atom. The van der Waals surface area contributed by atoms with Crippen molar-refractivity contribution in [3.8, 4) is 11.6 Å². The zero-order valence-corrected chi connectivity index (χ0v) is 16.5. The molecule has 0 radical (unpaired) electrons. The fraction of sp³-hybridized carbons (Fsp3) is 0.500. The van der Waals surface area contributed by atoms with Crippen LogP contribution in [-0.4, -0.2) is 57.9 Å². The average Bonchev–Trinajstić information content (AvgIpc) is 2.75. The second kappa shape index (κ2) is 8.69. The fourth-order valence-electron chi connectivity index (χ4n) is 4.38. The molecule has 28 heavy (non-hydrogen) atoms. The van der Waals surface area contributed by atoms with Crippen molar-refractivity contribution in [2.24, 2.45) is 0 Å². The number of amides is 1. The molecule has 0 N–H and O–H groups in total. The summed E-state index contributed by atoms with van der Waals surface area (Å²) in [5.74, 6) is 1.99. The van der Waals surface area contributed by atoms with Gasteiger partial charge in [0, 0.05) is 44.4 Å². The molecule has 0 saturated carbocycles. The maximum atomic E-state index is 11.5. The number of aromatic nitrogens is 2. The molecule has 3 heterocycles. The number of ether oxygens (including phenoxy) is 1. The number of nitrogens with zero attached hydrogens (tertiary/aromatic N) is 4. The zero-order chi connectivity index (χ0) is 19.3. The lowest BCUT2D eigenvalue weighted by atomic mass is 9.91. The second-order valence-electron chi connectivity index (χ2n) is 7.71. The molecule has 6 heteroatoms. The van der Waals surface area contributed by atoms with E-state index in [0.717, 1.165) is 63.3 Å². The summed E-state index contributed by atoms with van der Waals surface area (Å²) in [4.78, 5) is 25.2. The van der Waals surface area contributed by atoms with Gasteiger partial charge in [-0.2, -0.15) is 0 Å². The molecule has 2 fully saturated rings. The number of hydrogen-bond donors (Lipinski definition) is 0. The van der Waals surface area contributed by atoms with Gasteiger partial charge in [0.2, 0.25) is 11.8 Å². The van der Waals surface area contributed by atoms with Gasteiger partial charge in [-0.05, 0) is 50.9 Å². The van der Waals surface area contributed by atoms with Crippen molar-refractivity contribution in [3.63, 3.8) is 0 Å². The van der Waals surface area contributed by atoms with Crippen molar-refractivity contribution < 1.29 is 9.53 Å². The number of carbonyl (C=O) groups is 1. The van der Waals surface area contributed by atoms with Crippen molar-refractivity contribution in [2.45, 2.75) is 44.6 Å². The molecule has 0 atom stereocenters. The van der Waals surface area contributed by atoms with Gasteiger partial charge in [-0.25, -0.2) is 4.98 Å². The molecule has 148 valence electrons. The Bertz CT molecular complexity index is 782. The third-order valence-corrected chi connectivity index (χ3v) is 5.99. The van der Waals surface area contributed by atoms with Crippen molar-refractivity contribution in [1.29, 1.82) is 0 Å². The molecular weight excluding hydrogens is 352 g/mol. The van der Waals surface area contributed by atoms with E-state index in [2.05, 4.69) is 14.9 Å². The molecule has 4 rings (SSSR count). The van der Waals surface area contributed by atoms with Gasteiger partial charge in [0.15, 0.2) is 0 Å². The van der Waals surface area contributed by atoms with Gasteiger partial charge in [0.05, 0.1) is 0 Å². The molecular formula is C22H28N4O2. The fourth-order valence-corrected chi connectivity index (χ4v) is 4.38. The first kappa shape index (κ1) is 18.9. The van der Waals surface area contributed by atoms with Crippen molar-refractivity contribution in [2.75, 3.05) is 26.2 Å². The molecule has 1 amide bonds. The summed E-state index contributed by atoms with van der Waals surface area (Å²) in [6, 6.07) is 10.4. The molecule has 6 nitrogen and oxygen atoms in total. The van der Waals surface area contributed by atoms with Crippen LogP contribution in [0.4, 0.5) is 0 Å². The number of likely N-dealkylation sites (tertiary alicyclic amines) is 2. The molecule has 2 aromatic rings. The van der Waals surface area contributed by atoms with Gasteiger partial charge in [-0.15, -0.1) is 0 Å². The summed E-state index contributed by atoms with van der Waals surface area (Å²) in [5.41, 5.74) is 0.970.